The van der Waals surface area contributed by atoms with E-state index in [-0.39, 0.29) is 11.4 Å². The van der Waals surface area contributed by atoms with Crippen molar-refractivity contribution in [3.63, 3.8) is 0 Å². The van der Waals surface area contributed by atoms with Crippen LogP contribution in [0.2, 0.25) is 0 Å². The number of nitro benzene ring substituents is 1. The summed E-state index contributed by atoms with van der Waals surface area (Å²) in [6.07, 6.45) is -46.3. The summed E-state index contributed by atoms with van der Waals surface area (Å²) in [5.74, 6) is -0.0806. The molecule has 0 saturated carbocycles. The van der Waals surface area contributed by atoms with Gasteiger partial charge in [0.05, 0.1) is 38.0 Å². The topological polar surface area (TPSA) is 459 Å². The maximum Gasteiger partial charge on any atom is 0.269 e. The molecule has 5 fully saturated rings. The first-order valence-electron chi connectivity index (χ1n) is 20.2. The summed E-state index contributed by atoms with van der Waals surface area (Å²) in [6.45, 7) is -4.66. The fourth-order valence-corrected chi connectivity index (χ4v) is 7.95. The van der Waals surface area contributed by atoms with Gasteiger partial charge in [-0.05, 0) is 12.1 Å². The van der Waals surface area contributed by atoms with Gasteiger partial charge in [0.15, 0.2) is 37.6 Å². The molecule has 29 heteroatoms. The van der Waals surface area contributed by atoms with Crippen molar-refractivity contribution in [3.05, 3.63) is 34.4 Å². The molecule has 6 rings (SSSR count). The normalized spacial score (nSPS) is 47.3. The molecular formula is C36H55NO28. The van der Waals surface area contributed by atoms with E-state index in [1.54, 1.807) is 0 Å². The predicted octanol–water partition coefficient (Wildman–Crippen LogP) is -9.93. The van der Waals surface area contributed by atoms with Crippen LogP contribution in [0.3, 0.4) is 0 Å². The van der Waals surface area contributed by atoms with Gasteiger partial charge in [0.1, 0.15) is 122 Å². The molecule has 0 spiro atoms. The summed E-state index contributed by atoms with van der Waals surface area (Å²) in [7, 11) is 0. The lowest BCUT2D eigenvalue weighted by molar-refractivity contribution is -0.392. The number of nitro groups is 1. The predicted molar refractivity (Wildman–Crippen MR) is 198 cm³/mol. The Morgan fingerprint density at radius 2 is 0.738 bits per heavy atom. The monoisotopic (exact) mass is 949 g/mol. The number of rotatable bonds is 16. The highest BCUT2D eigenvalue weighted by Gasteiger charge is 2.56. The first-order valence-corrected chi connectivity index (χ1v) is 20.2. The van der Waals surface area contributed by atoms with E-state index in [4.69, 9.17) is 47.4 Å². The third kappa shape index (κ3) is 10.8. The fourth-order valence-electron chi connectivity index (χ4n) is 7.95. The van der Waals surface area contributed by atoms with Crippen LogP contribution >= 0.6 is 0 Å². The van der Waals surface area contributed by atoms with Crippen LogP contribution in [-0.4, -0.2) is 273 Å². The lowest BCUT2D eigenvalue weighted by atomic mass is 9.95. The van der Waals surface area contributed by atoms with Crippen molar-refractivity contribution in [1.82, 2.24) is 0 Å². The SMILES string of the molecule is O=[N+]([O-])c1ccc(O[C@H]2[C@@H](O[C@H]3[C@H](O)[C@@H](O)[C@@H](O[C@H]4[C@H](O)[C@@H](O)[C@@H](O[C@H]5[C@H](O)[C@@H](O)[C@@H](O[C@H]6[C@H](O)[C@@H](O)[C@@H](O)O[C@@H]6CO)O[C@@H]5CO)O[C@@H]4CO)O[C@@H]3CO)O[C@H](CO)[C@@H](O)[C@@H]2O)cc1. The van der Waals surface area contributed by atoms with Gasteiger partial charge in [-0.3, -0.25) is 10.1 Å². The van der Waals surface area contributed by atoms with Gasteiger partial charge in [0.25, 0.3) is 5.69 Å². The number of nitrogens with zero attached hydrogens (tertiary/aromatic N) is 1. The first-order chi connectivity index (χ1) is 30.9. The molecule has 5 aliphatic rings. The average Bonchev–Trinajstić information content (AvgIpc) is 3.30. The second-order valence-corrected chi connectivity index (χ2v) is 15.8. The molecule has 5 saturated heterocycles. The highest BCUT2D eigenvalue weighted by molar-refractivity contribution is 5.36. The van der Waals surface area contributed by atoms with Crippen LogP contribution in [0.5, 0.6) is 5.75 Å². The second kappa shape index (κ2) is 22.2. The lowest BCUT2D eigenvalue weighted by Gasteiger charge is -2.49. The van der Waals surface area contributed by atoms with Crippen LogP contribution in [0.15, 0.2) is 24.3 Å². The van der Waals surface area contributed by atoms with E-state index < -0.39 is 191 Å². The number of aliphatic hydroxyl groups excluding tert-OH is 16. The van der Waals surface area contributed by atoms with E-state index in [1.165, 1.54) is 0 Å². The summed E-state index contributed by atoms with van der Waals surface area (Å²) in [5.41, 5.74) is -0.308. The Morgan fingerprint density at radius 1 is 0.415 bits per heavy atom. The molecule has 65 heavy (non-hydrogen) atoms. The highest BCUT2D eigenvalue weighted by Crippen LogP contribution is 2.36. The quantitative estimate of drug-likeness (QED) is 0.0540. The maximum atomic E-state index is 11.3. The smallest absolute Gasteiger partial charge is 0.269 e. The summed E-state index contributed by atoms with van der Waals surface area (Å²) >= 11 is 0. The zero-order valence-corrected chi connectivity index (χ0v) is 33.8. The van der Waals surface area contributed by atoms with Crippen molar-refractivity contribution in [2.24, 2.45) is 0 Å². The summed E-state index contributed by atoms with van der Waals surface area (Å²) in [5, 5.41) is 180. The van der Waals surface area contributed by atoms with Crippen molar-refractivity contribution in [2.45, 2.75) is 154 Å². The molecule has 1 aromatic carbocycles. The Bertz CT molecular complexity index is 1650. The number of aliphatic hydroxyl groups is 16. The van der Waals surface area contributed by atoms with Gasteiger partial charge >= 0.3 is 0 Å². The highest BCUT2D eigenvalue weighted by atomic mass is 16.8. The van der Waals surface area contributed by atoms with Crippen LogP contribution < -0.4 is 4.74 Å². The fraction of sp³-hybridized carbons (Fsp3) is 0.833. The van der Waals surface area contributed by atoms with E-state index in [9.17, 15) is 91.8 Å². The average molecular weight is 950 g/mol. The molecule has 25 atom stereocenters. The number of non-ortho nitro benzene ring substituents is 1. The molecular weight excluding hydrogens is 894 g/mol. The molecule has 0 unspecified atom stereocenters. The van der Waals surface area contributed by atoms with Gasteiger partial charge in [-0.2, -0.15) is 0 Å². The lowest BCUT2D eigenvalue weighted by Crippen LogP contribution is -2.68. The number of benzene rings is 1. The van der Waals surface area contributed by atoms with E-state index in [2.05, 4.69) is 0 Å². The van der Waals surface area contributed by atoms with E-state index in [0.717, 1.165) is 24.3 Å². The van der Waals surface area contributed by atoms with Crippen molar-refractivity contribution in [2.75, 3.05) is 33.0 Å². The molecule has 16 N–H and O–H groups in total. The number of hydrogen-bond acceptors (Lipinski definition) is 28. The maximum absolute atomic E-state index is 11.3. The third-order valence-corrected chi connectivity index (χ3v) is 11.6. The molecule has 0 aromatic heterocycles. The van der Waals surface area contributed by atoms with Gasteiger partial charge in [-0.15, -0.1) is 0 Å². The first kappa shape index (κ1) is 51.8. The molecule has 0 aliphatic carbocycles. The van der Waals surface area contributed by atoms with Crippen LogP contribution in [0.25, 0.3) is 0 Å². The van der Waals surface area contributed by atoms with Crippen molar-refractivity contribution >= 4 is 5.69 Å². The summed E-state index contributed by atoms with van der Waals surface area (Å²) < 4.78 is 55.9. The van der Waals surface area contributed by atoms with Gasteiger partial charge in [0.2, 0.25) is 0 Å². The van der Waals surface area contributed by atoms with Crippen molar-refractivity contribution in [3.8, 4) is 5.75 Å². The van der Waals surface area contributed by atoms with Crippen molar-refractivity contribution < 1.29 is 134 Å². The molecule has 1 aromatic rings. The van der Waals surface area contributed by atoms with E-state index >= 15 is 0 Å². The molecule has 0 amide bonds. The standard InChI is InChI=1S/C36H55NO28/c38-5-12-17(43)18(44)31(56-11-3-1-10(2-4-11)37(54)55)36(58-12)65-30-16(9-42)61-35(26(52)22(30)48)64-29-15(8-41)60-34(25(51)21(29)47)63-28-14(7-40)59-33(24(50)20(28)46)62-27-13(6-39)57-32(53)23(49)19(27)45/h1-4,12-36,38-53H,5-9H2/t12-,13-,14-,15-,16-,17-,18+,19-,20-,21-,22-,23-,24-,25-,26-,27-,28-,29-,30-,31-,32+,33-,34-,35-,36-/m1/s1. The molecule has 372 valence electrons. The largest absolute Gasteiger partial charge is 0.482 e. The summed E-state index contributed by atoms with van der Waals surface area (Å²) in [4.78, 5) is 10.4. The zero-order valence-electron chi connectivity index (χ0n) is 33.8. The molecule has 0 bridgehead atoms. The minimum absolute atomic E-state index is 0.0806. The van der Waals surface area contributed by atoms with E-state index in [0.29, 0.717) is 0 Å². The third-order valence-electron chi connectivity index (χ3n) is 11.6. The number of ether oxygens (including phenoxy) is 10. The Morgan fingerprint density at radius 3 is 1.11 bits per heavy atom. The minimum Gasteiger partial charge on any atom is -0.482 e. The van der Waals surface area contributed by atoms with Crippen LogP contribution in [-0.2, 0) is 42.6 Å². The van der Waals surface area contributed by atoms with Gasteiger partial charge in [-0.25, -0.2) is 0 Å². The molecule has 29 nitrogen and oxygen atoms in total. The Balaban J connectivity index is 1.11. The van der Waals surface area contributed by atoms with Crippen LogP contribution in [0, 0.1) is 10.1 Å². The Labute approximate surface area is 366 Å². The molecule has 5 aliphatic heterocycles. The van der Waals surface area contributed by atoms with Crippen molar-refractivity contribution in [1.29, 1.82) is 0 Å². The minimum atomic E-state index is -2.15. The van der Waals surface area contributed by atoms with Gasteiger partial charge < -0.3 is 129 Å². The number of hydrogen-bond donors (Lipinski definition) is 16. The zero-order chi connectivity index (χ0) is 47.6. The summed E-state index contributed by atoms with van der Waals surface area (Å²) in [6, 6.07) is 4.48. The van der Waals surface area contributed by atoms with Crippen LogP contribution in [0.1, 0.15) is 0 Å². The van der Waals surface area contributed by atoms with Gasteiger partial charge in [0, 0.05) is 12.1 Å². The van der Waals surface area contributed by atoms with Gasteiger partial charge in [-0.1, -0.05) is 0 Å². The van der Waals surface area contributed by atoms with E-state index in [1.807, 2.05) is 0 Å². The van der Waals surface area contributed by atoms with Crippen LogP contribution in [0.4, 0.5) is 5.69 Å². The molecule has 5 heterocycles. The Hall–Kier alpha value is -2.58. The second-order valence-electron chi connectivity index (χ2n) is 15.8. The Kier molecular flexibility index (Phi) is 17.7. The molecule has 0 radical (unpaired) electrons.